The van der Waals surface area contributed by atoms with Crippen molar-refractivity contribution in [3.05, 3.63) is 0 Å². The van der Waals surface area contributed by atoms with Gasteiger partial charge in [-0.1, -0.05) is 11.6 Å². The number of rotatable bonds is 5. The largest absolute Gasteiger partial charge is 0.395 e. The number of halogens is 1. The van der Waals surface area contributed by atoms with Crippen LogP contribution in [0.25, 0.3) is 0 Å². The van der Waals surface area contributed by atoms with E-state index in [1.807, 2.05) is 0 Å². The maximum Gasteiger partial charge on any atom is 0.149 e. The fourth-order valence-corrected chi connectivity index (χ4v) is 0.283. The molecule has 90 valence electrons. The van der Waals surface area contributed by atoms with Crippen LogP contribution in [-0.2, 0) is 4.84 Å². The van der Waals surface area contributed by atoms with Crippen molar-refractivity contribution in [3.8, 4) is 0 Å². The van der Waals surface area contributed by atoms with E-state index in [2.05, 4.69) is 21.9 Å². The van der Waals surface area contributed by atoms with Crippen molar-refractivity contribution in [2.45, 2.75) is 12.5 Å². The lowest BCUT2D eigenvalue weighted by atomic mass is 10.6. The van der Waals surface area contributed by atoms with E-state index < -0.39 is 0 Å². The second-order valence-corrected chi connectivity index (χ2v) is 2.49. The Bertz CT molecular complexity index is 76.1. The summed E-state index contributed by atoms with van der Waals surface area (Å²) >= 11 is 5.11. The Kier molecular flexibility index (Phi) is 32.3. The van der Waals surface area contributed by atoms with E-state index in [4.69, 9.17) is 27.0 Å². The molecule has 1 unspecified atom stereocenters. The summed E-state index contributed by atoms with van der Waals surface area (Å²) in [7, 11) is 0. The summed E-state index contributed by atoms with van der Waals surface area (Å²) in [5.41, 5.74) is -0.366. The van der Waals surface area contributed by atoms with E-state index in [0.29, 0.717) is 13.1 Å². The molecular formula is C6H21ClN3O4+. The lowest BCUT2D eigenvalue weighted by molar-refractivity contribution is -0.670. The van der Waals surface area contributed by atoms with Gasteiger partial charge in [0.25, 0.3) is 0 Å². The van der Waals surface area contributed by atoms with E-state index >= 15 is 0 Å². The van der Waals surface area contributed by atoms with Gasteiger partial charge in [-0.3, -0.25) is 4.84 Å². The molecule has 0 rings (SSSR count). The summed E-state index contributed by atoms with van der Waals surface area (Å²) in [5.74, 6) is 6.79. The highest BCUT2D eigenvalue weighted by Gasteiger charge is 1.83. The Balaban J connectivity index is -0.000000152. The molecule has 0 bridgehead atoms. The molecule has 1 atom stereocenters. The molecule has 0 saturated carbocycles. The first-order valence-corrected chi connectivity index (χ1v) is 4.36. The quantitative estimate of drug-likeness (QED) is 0.179. The van der Waals surface area contributed by atoms with Crippen molar-refractivity contribution in [1.82, 2.24) is 5.32 Å². The smallest absolute Gasteiger partial charge is 0.149 e. The lowest BCUT2D eigenvalue weighted by Crippen LogP contribution is -2.42. The van der Waals surface area contributed by atoms with Crippen LogP contribution in [0.2, 0.25) is 0 Å². The summed E-state index contributed by atoms with van der Waals surface area (Å²) in [6.07, 6.45) is 0. The van der Waals surface area contributed by atoms with E-state index in [0.717, 1.165) is 0 Å². The molecule has 9 N–H and O–H groups in total. The highest BCUT2D eigenvalue weighted by molar-refractivity contribution is 6.19. The number of aliphatic hydroxyl groups is 2. The minimum absolute atomic E-state index is 0.139. The molecular weight excluding hydrogens is 214 g/mol. The SMILES string of the molecule is CC(Cl)ON.OCCNCCO.[NH3+]O. The van der Waals surface area contributed by atoms with Gasteiger partial charge < -0.3 is 15.5 Å². The van der Waals surface area contributed by atoms with Crippen LogP contribution in [0.15, 0.2) is 0 Å². The molecule has 0 aromatic heterocycles. The second kappa shape index (κ2) is 23.1. The molecule has 14 heavy (non-hydrogen) atoms. The van der Waals surface area contributed by atoms with Crippen molar-refractivity contribution in [1.29, 1.82) is 0 Å². The third-order valence-corrected chi connectivity index (χ3v) is 0.868. The highest BCUT2D eigenvalue weighted by atomic mass is 35.5. The molecule has 0 heterocycles. The summed E-state index contributed by atoms with van der Waals surface area (Å²) in [4.78, 5) is 4.02. The summed E-state index contributed by atoms with van der Waals surface area (Å²) in [6.45, 7) is 3.06. The zero-order valence-electron chi connectivity index (χ0n) is 8.32. The number of quaternary nitrogens is 1. The monoisotopic (exact) mass is 234 g/mol. The van der Waals surface area contributed by atoms with Gasteiger partial charge in [-0.25, -0.2) is 17.0 Å². The number of aliphatic hydroxyl groups excluding tert-OH is 2. The van der Waals surface area contributed by atoms with Crippen LogP contribution < -0.4 is 17.1 Å². The normalized spacial score (nSPS) is 10.5. The van der Waals surface area contributed by atoms with Crippen LogP contribution in [0.5, 0.6) is 0 Å². The van der Waals surface area contributed by atoms with Crippen LogP contribution in [0.4, 0.5) is 0 Å². The minimum Gasteiger partial charge on any atom is -0.395 e. The maximum absolute atomic E-state index is 8.15. The standard InChI is InChI=1S/C4H11NO2.C2H6ClNO.H4NO/c6-3-1-5-2-4-7;1-2(3)5-4;1-2/h5-7H,1-4H2;2H,4H2,1H3;2H,1H3/q;;+1. The molecule has 0 aliphatic heterocycles. The van der Waals surface area contributed by atoms with Crippen LogP contribution in [0.1, 0.15) is 6.92 Å². The van der Waals surface area contributed by atoms with Gasteiger partial charge in [0, 0.05) is 13.1 Å². The minimum atomic E-state index is -0.366. The average molecular weight is 235 g/mol. The fraction of sp³-hybridized carbons (Fsp3) is 1.00. The topological polar surface area (TPSA) is 136 Å². The zero-order chi connectivity index (χ0) is 11.8. The van der Waals surface area contributed by atoms with Crippen LogP contribution in [0, 0.1) is 0 Å². The van der Waals surface area contributed by atoms with Crippen molar-refractivity contribution in [2.24, 2.45) is 5.90 Å². The highest BCUT2D eigenvalue weighted by Crippen LogP contribution is 1.86. The van der Waals surface area contributed by atoms with Crippen molar-refractivity contribution >= 4 is 11.6 Å². The molecule has 0 aromatic rings. The second-order valence-electron chi connectivity index (χ2n) is 1.88. The molecule has 0 aliphatic rings. The van der Waals surface area contributed by atoms with Crippen LogP contribution >= 0.6 is 11.6 Å². The molecule has 0 aromatic carbocycles. The van der Waals surface area contributed by atoms with E-state index in [9.17, 15) is 0 Å². The molecule has 8 heteroatoms. The lowest BCUT2D eigenvalue weighted by Gasteiger charge is -1.94. The van der Waals surface area contributed by atoms with Crippen molar-refractivity contribution < 1.29 is 26.2 Å². The van der Waals surface area contributed by atoms with Gasteiger partial charge in [-0.2, -0.15) is 0 Å². The fourth-order valence-electron chi connectivity index (χ4n) is 0.283. The van der Waals surface area contributed by atoms with E-state index in [1.165, 1.54) is 0 Å². The number of nitrogens with two attached hydrogens (primary N) is 1. The zero-order valence-corrected chi connectivity index (χ0v) is 9.07. The Morgan fingerprint density at radius 3 is 1.79 bits per heavy atom. The number of hydrogen-bond acceptors (Lipinski definition) is 6. The van der Waals surface area contributed by atoms with Gasteiger partial charge in [-0.05, 0) is 6.92 Å². The van der Waals surface area contributed by atoms with Gasteiger partial charge in [-0.15, -0.1) is 0 Å². The summed E-state index contributed by atoms with van der Waals surface area (Å²) in [6, 6.07) is 0. The first kappa shape index (κ1) is 19.6. The molecule has 0 spiro atoms. The van der Waals surface area contributed by atoms with Gasteiger partial charge in [0.1, 0.15) is 5.56 Å². The van der Waals surface area contributed by atoms with Gasteiger partial charge in [0.15, 0.2) is 0 Å². The number of hydrogen-bond donors (Lipinski definition) is 6. The van der Waals surface area contributed by atoms with Gasteiger partial charge in [0.2, 0.25) is 0 Å². The van der Waals surface area contributed by atoms with Crippen molar-refractivity contribution in [3.63, 3.8) is 0 Å². The predicted octanol–water partition coefficient (Wildman–Crippen LogP) is -2.36. The Morgan fingerprint density at radius 1 is 1.36 bits per heavy atom. The third-order valence-electron chi connectivity index (χ3n) is 0.765. The molecule has 0 amide bonds. The Labute approximate surface area is 88.5 Å². The number of nitrogens with one attached hydrogen (secondary N) is 1. The Hall–Kier alpha value is 0.01000. The first-order chi connectivity index (χ1) is 6.68. The Morgan fingerprint density at radius 2 is 1.64 bits per heavy atom. The molecule has 0 radical (unpaired) electrons. The summed E-state index contributed by atoms with van der Waals surface area (Å²) < 4.78 is 0. The average Bonchev–Trinajstić information content (AvgIpc) is 2.22. The molecule has 0 saturated heterocycles. The van der Waals surface area contributed by atoms with E-state index in [-0.39, 0.29) is 18.8 Å². The first-order valence-electron chi connectivity index (χ1n) is 3.92. The third kappa shape index (κ3) is 40.3. The molecule has 0 fully saturated rings. The van der Waals surface area contributed by atoms with Crippen LogP contribution in [-0.4, -0.2) is 47.3 Å². The van der Waals surface area contributed by atoms with Crippen molar-refractivity contribution in [2.75, 3.05) is 26.3 Å². The molecule has 0 aliphatic carbocycles. The number of alkyl halides is 1. The predicted molar refractivity (Wildman–Crippen MR) is 52.3 cm³/mol. The summed E-state index contributed by atoms with van der Waals surface area (Å²) in [5, 5.41) is 25.8. The maximum atomic E-state index is 8.15. The van der Waals surface area contributed by atoms with Gasteiger partial charge >= 0.3 is 0 Å². The van der Waals surface area contributed by atoms with Crippen LogP contribution in [0.3, 0.4) is 0 Å². The van der Waals surface area contributed by atoms with E-state index in [1.54, 1.807) is 6.92 Å². The molecule has 7 nitrogen and oxygen atoms in total. The van der Waals surface area contributed by atoms with Gasteiger partial charge in [0.05, 0.1) is 13.2 Å².